The minimum absolute atomic E-state index is 0.00431. The number of hydrogen-bond acceptors (Lipinski definition) is 4. The predicted molar refractivity (Wildman–Crippen MR) is 81.4 cm³/mol. The summed E-state index contributed by atoms with van der Waals surface area (Å²) in [4.78, 5) is 21.2. The van der Waals surface area contributed by atoms with Gasteiger partial charge in [0.2, 0.25) is 0 Å². The van der Waals surface area contributed by atoms with Gasteiger partial charge in [-0.1, -0.05) is 0 Å². The van der Waals surface area contributed by atoms with Gasteiger partial charge in [-0.3, -0.25) is 9.69 Å². The first-order chi connectivity index (χ1) is 9.56. The highest BCUT2D eigenvalue weighted by Gasteiger charge is 2.37. The monoisotopic (exact) mass is 338 g/mol. The molecule has 0 aromatic carbocycles. The number of piperazine rings is 1. The fourth-order valence-electron chi connectivity index (χ4n) is 3.25. The highest BCUT2D eigenvalue weighted by atomic mass is 79.9. The van der Waals surface area contributed by atoms with Gasteiger partial charge in [-0.25, -0.2) is 4.98 Å². The second-order valence-electron chi connectivity index (χ2n) is 5.68. The molecule has 1 aromatic rings. The van der Waals surface area contributed by atoms with Crippen molar-refractivity contribution in [3.05, 3.63) is 22.3 Å². The lowest BCUT2D eigenvalue weighted by Gasteiger charge is -2.42. The number of rotatable bonds is 1. The standard InChI is InChI=1S/C14H19BrN4O/c1-9-7-18-4-2-3-11(18)8-19(9)14(20)12-5-10(15)6-17-13(12)16/h5-6,9,11H,2-4,7-8H2,1H3,(H2,16,17). The number of amides is 1. The van der Waals surface area contributed by atoms with Gasteiger partial charge >= 0.3 is 0 Å². The van der Waals surface area contributed by atoms with Crippen LogP contribution >= 0.6 is 15.9 Å². The Balaban J connectivity index is 1.84. The fraction of sp³-hybridized carbons (Fsp3) is 0.571. The number of carbonyl (C=O) groups is 1. The molecule has 2 aliphatic rings. The smallest absolute Gasteiger partial charge is 0.257 e. The number of hydrogen-bond donors (Lipinski definition) is 1. The molecule has 20 heavy (non-hydrogen) atoms. The normalized spacial score (nSPS) is 26.6. The third-order valence-corrected chi connectivity index (χ3v) is 4.75. The molecule has 2 saturated heterocycles. The number of nitrogens with zero attached hydrogens (tertiary/aromatic N) is 3. The molecule has 3 heterocycles. The van der Waals surface area contributed by atoms with Crippen molar-refractivity contribution >= 4 is 27.7 Å². The maximum Gasteiger partial charge on any atom is 0.257 e. The fourth-order valence-corrected chi connectivity index (χ4v) is 3.58. The van der Waals surface area contributed by atoms with Crippen LogP contribution in [0.2, 0.25) is 0 Å². The summed E-state index contributed by atoms with van der Waals surface area (Å²) in [6.07, 6.45) is 4.03. The Morgan fingerprint density at radius 2 is 2.30 bits per heavy atom. The topological polar surface area (TPSA) is 62.5 Å². The van der Waals surface area contributed by atoms with Gasteiger partial charge in [0.25, 0.3) is 5.91 Å². The number of halogens is 1. The Kier molecular flexibility index (Phi) is 3.69. The molecule has 1 aromatic heterocycles. The van der Waals surface area contributed by atoms with Crippen molar-refractivity contribution in [3.63, 3.8) is 0 Å². The first kappa shape index (κ1) is 13.8. The van der Waals surface area contributed by atoms with Crippen molar-refractivity contribution in [3.8, 4) is 0 Å². The van der Waals surface area contributed by atoms with Crippen molar-refractivity contribution in [2.24, 2.45) is 0 Å². The van der Waals surface area contributed by atoms with E-state index in [9.17, 15) is 4.79 Å². The van der Waals surface area contributed by atoms with E-state index in [-0.39, 0.29) is 11.9 Å². The van der Waals surface area contributed by atoms with Crippen molar-refractivity contribution in [2.45, 2.75) is 31.8 Å². The van der Waals surface area contributed by atoms with Gasteiger partial charge < -0.3 is 10.6 Å². The molecule has 5 nitrogen and oxygen atoms in total. The van der Waals surface area contributed by atoms with Gasteiger partial charge in [0.1, 0.15) is 5.82 Å². The minimum atomic E-state index is -0.00431. The number of anilines is 1. The zero-order valence-corrected chi connectivity index (χ0v) is 13.1. The number of pyridine rings is 1. The molecule has 0 spiro atoms. The van der Waals surface area contributed by atoms with Crippen LogP contribution < -0.4 is 5.73 Å². The van der Waals surface area contributed by atoms with Crippen molar-refractivity contribution in [1.29, 1.82) is 0 Å². The lowest BCUT2D eigenvalue weighted by atomic mass is 10.1. The van der Waals surface area contributed by atoms with Crippen LogP contribution in [0.4, 0.5) is 5.82 Å². The molecular weight excluding hydrogens is 320 g/mol. The van der Waals surface area contributed by atoms with Gasteiger partial charge in [-0.15, -0.1) is 0 Å². The Labute approximate surface area is 127 Å². The zero-order valence-electron chi connectivity index (χ0n) is 11.6. The van der Waals surface area contributed by atoms with Gasteiger partial charge in [0.05, 0.1) is 5.56 Å². The second-order valence-corrected chi connectivity index (χ2v) is 6.60. The molecule has 2 aliphatic heterocycles. The third kappa shape index (κ3) is 2.42. The number of fused-ring (bicyclic) bond motifs is 1. The van der Waals surface area contributed by atoms with Gasteiger partial charge in [-0.2, -0.15) is 0 Å². The molecule has 108 valence electrons. The molecule has 0 radical (unpaired) electrons. The summed E-state index contributed by atoms with van der Waals surface area (Å²) in [6, 6.07) is 2.49. The summed E-state index contributed by atoms with van der Waals surface area (Å²) in [5.74, 6) is 0.301. The van der Waals surface area contributed by atoms with Crippen molar-refractivity contribution in [1.82, 2.24) is 14.8 Å². The summed E-state index contributed by atoms with van der Waals surface area (Å²) >= 11 is 3.35. The number of nitrogens with two attached hydrogens (primary N) is 1. The minimum Gasteiger partial charge on any atom is -0.383 e. The molecular formula is C14H19BrN4O. The Morgan fingerprint density at radius 3 is 3.10 bits per heavy atom. The summed E-state index contributed by atoms with van der Waals surface area (Å²) in [5, 5.41) is 0. The first-order valence-electron chi connectivity index (χ1n) is 7.02. The molecule has 2 fully saturated rings. The molecule has 1 amide bonds. The van der Waals surface area contributed by atoms with E-state index in [4.69, 9.17) is 5.73 Å². The average Bonchev–Trinajstić information content (AvgIpc) is 2.87. The predicted octanol–water partition coefficient (Wildman–Crippen LogP) is 1.73. The Hall–Kier alpha value is -1.14. The molecule has 2 atom stereocenters. The van der Waals surface area contributed by atoms with Gasteiger partial charge in [-0.05, 0) is 48.3 Å². The van der Waals surface area contributed by atoms with Gasteiger partial charge in [0, 0.05) is 35.8 Å². The number of carbonyl (C=O) groups excluding carboxylic acids is 1. The maximum absolute atomic E-state index is 12.7. The molecule has 0 aliphatic carbocycles. The molecule has 3 rings (SSSR count). The van der Waals surface area contributed by atoms with Crippen LogP contribution in [0.3, 0.4) is 0 Å². The van der Waals surface area contributed by atoms with Crippen molar-refractivity contribution in [2.75, 3.05) is 25.4 Å². The molecule has 2 N–H and O–H groups in total. The Morgan fingerprint density at radius 1 is 1.50 bits per heavy atom. The largest absolute Gasteiger partial charge is 0.383 e. The van der Waals surface area contributed by atoms with Crippen LogP contribution in [0.1, 0.15) is 30.1 Å². The van der Waals surface area contributed by atoms with Crippen LogP contribution in [0.15, 0.2) is 16.7 Å². The van der Waals surface area contributed by atoms with E-state index < -0.39 is 0 Å². The summed E-state index contributed by atoms with van der Waals surface area (Å²) in [6.45, 7) is 5.02. The van der Waals surface area contributed by atoms with E-state index >= 15 is 0 Å². The number of nitrogen functional groups attached to an aromatic ring is 1. The van der Waals surface area contributed by atoms with Crippen LogP contribution in [-0.2, 0) is 0 Å². The summed E-state index contributed by atoms with van der Waals surface area (Å²) < 4.78 is 0.780. The van der Waals surface area contributed by atoms with E-state index in [1.807, 2.05) is 4.90 Å². The second kappa shape index (κ2) is 5.33. The lowest BCUT2D eigenvalue weighted by molar-refractivity contribution is 0.0396. The first-order valence-corrected chi connectivity index (χ1v) is 7.81. The molecule has 0 bridgehead atoms. The van der Waals surface area contributed by atoms with E-state index in [0.29, 0.717) is 17.4 Å². The van der Waals surface area contributed by atoms with Crippen LogP contribution in [0.25, 0.3) is 0 Å². The van der Waals surface area contributed by atoms with Crippen LogP contribution in [0.5, 0.6) is 0 Å². The van der Waals surface area contributed by atoms with E-state index in [1.165, 1.54) is 12.8 Å². The van der Waals surface area contributed by atoms with Crippen LogP contribution in [0, 0.1) is 0 Å². The molecule has 6 heteroatoms. The molecule has 0 saturated carbocycles. The summed E-state index contributed by atoms with van der Waals surface area (Å²) in [5.41, 5.74) is 6.36. The highest BCUT2D eigenvalue weighted by molar-refractivity contribution is 9.10. The van der Waals surface area contributed by atoms with Crippen LogP contribution in [-0.4, -0.2) is 52.4 Å². The zero-order chi connectivity index (χ0) is 14.3. The van der Waals surface area contributed by atoms with E-state index in [0.717, 1.165) is 24.1 Å². The molecule has 2 unspecified atom stereocenters. The SMILES string of the molecule is CC1CN2CCCC2CN1C(=O)c1cc(Br)cnc1N. The number of aromatic nitrogens is 1. The van der Waals surface area contributed by atoms with E-state index in [2.05, 4.69) is 32.7 Å². The summed E-state index contributed by atoms with van der Waals surface area (Å²) in [7, 11) is 0. The average molecular weight is 339 g/mol. The van der Waals surface area contributed by atoms with Crippen molar-refractivity contribution < 1.29 is 4.79 Å². The van der Waals surface area contributed by atoms with E-state index in [1.54, 1.807) is 12.3 Å². The van der Waals surface area contributed by atoms with Gasteiger partial charge in [0.15, 0.2) is 0 Å². The quantitative estimate of drug-likeness (QED) is 0.847. The third-order valence-electron chi connectivity index (χ3n) is 4.31. The lowest BCUT2D eigenvalue weighted by Crippen LogP contribution is -2.56. The maximum atomic E-state index is 12.7. The Bertz CT molecular complexity index is 536. The highest BCUT2D eigenvalue weighted by Crippen LogP contribution is 2.27.